The number of carbonyl (C=O) groups is 2. The third-order valence-electron chi connectivity index (χ3n) is 2.33. The van der Waals surface area contributed by atoms with Crippen molar-refractivity contribution < 1.29 is 19.4 Å². The van der Waals surface area contributed by atoms with Crippen molar-refractivity contribution in [2.24, 2.45) is 0 Å². The molecule has 1 amide bonds. The molecule has 1 rings (SSSR count). The van der Waals surface area contributed by atoms with Crippen LogP contribution in [-0.2, 0) is 9.53 Å². The van der Waals surface area contributed by atoms with Gasteiger partial charge in [-0.1, -0.05) is 0 Å². The molecule has 6 heteroatoms. The van der Waals surface area contributed by atoms with Crippen molar-refractivity contribution in [3.8, 4) is 0 Å². The second-order valence-electron chi connectivity index (χ2n) is 3.37. The minimum absolute atomic E-state index is 0.184. The van der Waals surface area contributed by atoms with Crippen LogP contribution in [0, 0.1) is 0 Å². The smallest absolute Gasteiger partial charge is 0.410 e. The van der Waals surface area contributed by atoms with Crippen LogP contribution in [0.15, 0.2) is 0 Å². The van der Waals surface area contributed by atoms with E-state index in [0.29, 0.717) is 13.0 Å². The Morgan fingerprint density at radius 1 is 1.60 bits per heavy atom. The summed E-state index contributed by atoms with van der Waals surface area (Å²) in [6.45, 7) is 2.26. The molecular formula is C9H14ClNO4. The monoisotopic (exact) mass is 235 g/mol. The number of aliphatic carboxylic acids is 1. The number of alkyl halides is 1. The van der Waals surface area contributed by atoms with E-state index in [1.54, 1.807) is 6.92 Å². The van der Waals surface area contributed by atoms with E-state index in [9.17, 15) is 9.59 Å². The molecule has 0 saturated carbocycles. The molecule has 1 fully saturated rings. The number of nitrogens with zero attached hydrogens (tertiary/aromatic N) is 1. The van der Waals surface area contributed by atoms with Crippen molar-refractivity contribution in [2.45, 2.75) is 31.2 Å². The molecule has 0 spiro atoms. The molecule has 5 nitrogen and oxygen atoms in total. The SMILES string of the molecule is CCOC(=O)N1CCC(Cl)CC1C(=O)O. The van der Waals surface area contributed by atoms with Crippen LogP contribution in [0.3, 0.4) is 0 Å². The summed E-state index contributed by atoms with van der Waals surface area (Å²) in [7, 11) is 0. The van der Waals surface area contributed by atoms with Crippen LogP contribution in [0.25, 0.3) is 0 Å². The van der Waals surface area contributed by atoms with Crippen molar-refractivity contribution in [1.82, 2.24) is 4.90 Å². The van der Waals surface area contributed by atoms with Crippen molar-refractivity contribution >= 4 is 23.7 Å². The Kier molecular flexibility index (Phi) is 4.20. The van der Waals surface area contributed by atoms with Crippen LogP contribution in [0.5, 0.6) is 0 Å². The Balaban J connectivity index is 2.68. The highest BCUT2D eigenvalue weighted by Crippen LogP contribution is 2.22. The molecule has 0 aromatic heterocycles. The maximum absolute atomic E-state index is 11.4. The highest BCUT2D eigenvalue weighted by atomic mass is 35.5. The lowest BCUT2D eigenvalue weighted by molar-refractivity contribution is -0.143. The van der Waals surface area contributed by atoms with E-state index in [1.165, 1.54) is 4.90 Å². The number of carboxylic acids is 1. The fourth-order valence-corrected chi connectivity index (χ4v) is 1.85. The molecular weight excluding hydrogens is 222 g/mol. The van der Waals surface area contributed by atoms with Crippen LogP contribution in [-0.4, -0.2) is 46.6 Å². The van der Waals surface area contributed by atoms with Crippen molar-refractivity contribution in [1.29, 1.82) is 0 Å². The quantitative estimate of drug-likeness (QED) is 0.733. The summed E-state index contributed by atoms with van der Waals surface area (Å²) in [6.07, 6.45) is 0.299. The van der Waals surface area contributed by atoms with Gasteiger partial charge in [0.25, 0.3) is 0 Å². The summed E-state index contributed by atoms with van der Waals surface area (Å²) in [4.78, 5) is 23.6. The number of carbonyl (C=O) groups excluding carboxylic acids is 1. The topological polar surface area (TPSA) is 66.8 Å². The van der Waals surface area contributed by atoms with Gasteiger partial charge in [0, 0.05) is 11.9 Å². The van der Waals surface area contributed by atoms with E-state index in [1.807, 2.05) is 0 Å². The molecule has 0 bridgehead atoms. The fraction of sp³-hybridized carbons (Fsp3) is 0.778. The molecule has 2 unspecified atom stereocenters. The van der Waals surface area contributed by atoms with Gasteiger partial charge in [-0.2, -0.15) is 0 Å². The highest BCUT2D eigenvalue weighted by Gasteiger charge is 2.36. The van der Waals surface area contributed by atoms with Crippen molar-refractivity contribution in [2.75, 3.05) is 13.2 Å². The lowest BCUT2D eigenvalue weighted by atomic mass is 10.0. The zero-order valence-electron chi connectivity index (χ0n) is 8.48. The molecule has 86 valence electrons. The molecule has 0 radical (unpaired) electrons. The predicted molar refractivity (Wildman–Crippen MR) is 54.0 cm³/mol. The van der Waals surface area contributed by atoms with Crippen molar-refractivity contribution in [3.05, 3.63) is 0 Å². The first kappa shape index (κ1) is 12.1. The number of ether oxygens (including phenoxy) is 1. The first-order valence-corrected chi connectivity index (χ1v) is 5.30. The molecule has 2 atom stereocenters. The Labute approximate surface area is 92.9 Å². The second-order valence-corrected chi connectivity index (χ2v) is 3.99. The third-order valence-corrected chi connectivity index (χ3v) is 2.72. The maximum atomic E-state index is 11.4. The van der Waals surface area contributed by atoms with Gasteiger partial charge in [-0.25, -0.2) is 9.59 Å². The molecule has 1 aliphatic rings. The van der Waals surface area contributed by atoms with Crippen molar-refractivity contribution in [3.63, 3.8) is 0 Å². The lowest BCUT2D eigenvalue weighted by Crippen LogP contribution is -2.50. The molecule has 1 aliphatic heterocycles. The Morgan fingerprint density at radius 2 is 2.27 bits per heavy atom. The van der Waals surface area contributed by atoms with Gasteiger partial charge in [-0.05, 0) is 19.8 Å². The molecule has 1 saturated heterocycles. The average Bonchev–Trinajstić information content (AvgIpc) is 2.17. The van der Waals surface area contributed by atoms with Gasteiger partial charge in [0.05, 0.1) is 6.61 Å². The molecule has 0 aromatic carbocycles. The largest absolute Gasteiger partial charge is 0.480 e. The zero-order chi connectivity index (χ0) is 11.4. The normalized spacial score (nSPS) is 26.1. The van der Waals surface area contributed by atoms with Crippen LogP contribution in [0.1, 0.15) is 19.8 Å². The number of halogens is 1. The number of rotatable bonds is 2. The summed E-state index contributed by atoms with van der Waals surface area (Å²) in [5.74, 6) is -1.03. The first-order valence-electron chi connectivity index (χ1n) is 4.86. The summed E-state index contributed by atoms with van der Waals surface area (Å²) >= 11 is 5.86. The van der Waals surface area contributed by atoms with E-state index in [0.717, 1.165) is 0 Å². The Bertz CT molecular complexity index is 258. The summed E-state index contributed by atoms with van der Waals surface area (Å²) in [6, 6.07) is -0.861. The Hall–Kier alpha value is -0.970. The molecule has 0 aromatic rings. The first-order chi connectivity index (χ1) is 7.06. The predicted octanol–water partition coefficient (Wildman–Crippen LogP) is 1.30. The summed E-state index contributed by atoms with van der Waals surface area (Å²) in [5, 5.41) is 8.75. The molecule has 15 heavy (non-hydrogen) atoms. The van der Waals surface area contributed by atoms with E-state index in [2.05, 4.69) is 0 Å². The molecule has 1 heterocycles. The van der Waals surface area contributed by atoms with Crippen LogP contribution in [0.2, 0.25) is 0 Å². The van der Waals surface area contributed by atoms with E-state index in [-0.39, 0.29) is 18.4 Å². The number of hydrogen-bond acceptors (Lipinski definition) is 3. The summed E-state index contributed by atoms with van der Waals surface area (Å²) in [5.41, 5.74) is 0. The minimum Gasteiger partial charge on any atom is -0.480 e. The summed E-state index contributed by atoms with van der Waals surface area (Å²) < 4.78 is 4.78. The van der Waals surface area contributed by atoms with Crippen LogP contribution < -0.4 is 0 Å². The number of piperidine rings is 1. The minimum atomic E-state index is -1.03. The molecule has 0 aliphatic carbocycles. The van der Waals surface area contributed by atoms with E-state index < -0.39 is 18.1 Å². The van der Waals surface area contributed by atoms with Crippen LogP contribution >= 0.6 is 11.6 Å². The van der Waals surface area contributed by atoms with Gasteiger partial charge in [0.2, 0.25) is 0 Å². The standard InChI is InChI=1S/C9H14ClNO4/c1-2-15-9(14)11-4-3-6(10)5-7(11)8(12)13/h6-7H,2-5H2,1H3,(H,12,13). The van der Waals surface area contributed by atoms with Gasteiger partial charge in [0.1, 0.15) is 6.04 Å². The second kappa shape index (κ2) is 5.21. The Morgan fingerprint density at radius 3 is 2.80 bits per heavy atom. The van der Waals surface area contributed by atoms with Gasteiger partial charge in [-0.15, -0.1) is 11.6 Å². The average molecular weight is 236 g/mol. The number of carboxylic acid groups (broad SMARTS) is 1. The highest BCUT2D eigenvalue weighted by molar-refractivity contribution is 6.20. The van der Waals surface area contributed by atoms with Gasteiger partial charge in [-0.3, -0.25) is 4.90 Å². The van der Waals surface area contributed by atoms with Gasteiger partial charge in [0.15, 0.2) is 0 Å². The molecule has 1 N–H and O–H groups in total. The third kappa shape index (κ3) is 2.99. The van der Waals surface area contributed by atoms with Gasteiger partial charge >= 0.3 is 12.1 Å². The maximum Gasteiger partial charge on any atom is 0.410 e. The lowest BCUT2D eigenvalue weighted by Gasteiger charge is -2.34. The van der Waals surface area contributed by atoms with E-state index >= 15 is 0 Å². The fourth-order valence-electron chi connectivity index (χ4n) is 1.58. The van der Waals surface area contributed by atoms with Gasteiger partial charge < -0.3 is 9.84 Å². The number of hydrogen-bond donors (Lipinski definition) is 1. The zero-order valence-corrected chi connectivity index (χ0v) is 9.24. The number of amides is 1. The number of likely N-dealkylation sites (tertiary alicyclic amines) is 1. The van der Waals surface area contributed by atoms with Crippen LogP contribution in [0.4, 0.5) is 4.79 Å². The van der Waals surface area contributed by atoms with E-state index in [4.69, 9.17) is 21.4 Å².